The summed E-state index contributed by atoms with van der Waals surface area (Å²) in [7, 11) is -2.75. The number of methoxy groups -OCH3 is 1. The van der Waals surface area contributed by atoms with Gasteiger partial charge in [0.05, 0.1) is 18.7 Å². The van der Waals surface area contributed by atoms with Crippen LogP contribution in [0.1, 0.15) is 18.5 Å². The number of carbonyl (C=O) groups excluding carboxylic acids is 1. The van der Waals surface area contributed by atoms with E-state index in [9.17, 15) is 22.8 Å². The van der Waals surface area contributed by atoms with Crippen LogP contribution in [0.5, 0.6) is 5.75 Å². The van der Waals surface area contributed by atoms with Crippen molar-refractivity contribution in [1.82, 2.24) is 14.3 Å². The molecular formula is C18H21ClN4O6S. The number of nitrogens with one attached hydrogen (secondary N) is 3. The summed E-state index contributed by atoms with van der Waals surface area (Å²) in [5.41, 5.74) is -1.46. The predicted octanol–water partition coefficient (Wildman–Crippen LogP) is 1.07. The van der Waals surface area contributed by atoms with Crippen LogP contribution in [0.2, 0.25) is 5.02 Å². The van der Waals surface area contributed by atoms with E-state index in [0.717, 1.165) is 4.31 Å². The van der Waals surface area contributed by atoms with Gasteiger partial charge in [-0.3, -0.25) is 14.6 Å². The first kappa shape index (κ1) is 22.1. The first-order valence-electron chi connectivity index (χ1n) is 9.11. The average molecular weight is 457 g/mol. The van der Waals surface area contributed by atoms with Gasteiger partial charge in [0.25, 0.3) is 5.56 Å². The number of aromatic amines is 2. The number of piperidine rings is 1. The maximum atomic E-state index is 13.0. The Kier molecular flexibility index (Phi) is 6.34. The van der Waals surface area contributed by atoms with Crippen molar-refractivity contribution in [2.75, 3.05) is 25.5 Å². The third kappa shape index (κ3) is 4.42. The number of ether oxygens (including phenoxy) is 1. The van der Waals surface area contributed by atoms with Crippen LogP contribution < -0.4 is 21.3 Å². The van der Waals surface area contributed by atoms with Gasteiger partial charge in [-0.15, -0.1) is 0 Å². The van der Waals surface area contributed by atoms with Gasteiger partial charge in [-0.1, -0.05) is 11.6 Å². The molecule has 0 bridgehead atoms. The third-order valence-corrected chi connectivity index (χ3v) is 7.10. The highest BCUT2D eigenvalue weighted by Gasteiger charge is 2.36. The lowest BCUT2D eigenvalue weighted by Crippen LogP contribution is -2.45. The minimum atomic E-state index is -4.21. The number of amides is 1. The van der Waals surface area contributed by atoms with Gasteiger partial charge < -0.3 is 15.0 Å². The molecule has 30 heavy (non-hydrogen) atoms. The molecule has 1 fully saturated rings. The lowest BCUT2D eigenvalue weighted by Gasteiger charge is -2.31. The Morgan fingerprint density at radius 3 is 2.70 bits per heavy atom. The molecule has 1 aromatic heterocycles. The van der Waals surface area contributed by atoms with Crippen molar-refractivity contribution in [3.8, 4) is 5.75 Å². The molecular weight excluding hydrogens is 436 g/mol. The largest absolute Gasteiger partial charge is 0.495 e. The minimum Gasteiger partial charge on any atom is -0.495 e. The number of rotatable bonds is 5. The number of sulfonamides is 1. The molecule has 0 saturated carbocycles. The molecule has 2 heterocycles. The van der Waals surface area contributed by atoms with Gasteiger partial charge in [0.2, 0.25) is 15.9 Å². The summed E-state index contributed by atoms with van der Waals surface area (Å²) in [5.74, 6) is -0.606. The zero-order valence-electron chi connectivity index (χ0n) is 16.3. The van der Waals surface area contributed by atoms with E-state index in [1.54, 1.807) is 18.2 Å². The number of hydrogen-bond donors (Lipinski definition) is 3. The molecule has 10 nitrogen and oxygen atoms in total. The molecule has 1 atom stereocenters. The number of nitrogens with zero attached hydrogens (tertiary/aromatic N) is 1. The number of H-pyrrole nitrogens is 2. The summed E-state index contributed by atoms with van der Waals surface area (Å²) in [6.45, 7) is 1.39. The van der Waals surface area contributed by atoms with Crippen LogP contribution in [-0.4, -0.2) is 48.8 Å². The highest BCUT2D eigenvalue weighted by Crippen LogP contribution is 2.29. The highest BCUT2D eigenvalue weighted by molar-refractivity contribution is 7.89. The molecule has 1 aliphatic heterocycles. The highest BCUT2D eigenvalue weighted by atomic mass is 35.5. The summed E-state index contributed by atoms with van der Waals surface area (Å²) >= 11 is 5.98. The Morgan fingerprint density at radius 2 is 2.03 bits per heavy atom. The van der Waals surface area contributed by atoms with E-state index >= 15 is 0 Å². The van der Waals surface area contributed by atoms with Crippen molar-refractivity contribution < 1.29 is 17.9 Å². The van der Waals surface area contributed by atoms with Gasteiger partial charge in [-0.05, 0) is 38.0 Å². The Bertz CT molecular complexity index is 1190. The second-order valence-corrected chi connectivity index (χ2v) is 9.21. The number of hydrogen-bond acceptors (Lipinski definition) is 6. The lowest BCUT2D eigenvalue weighted by atomic mass is 9.98. The molecule has 3 rings (SSSR count). The molecule has 12 heteroatoms. The Morgan fingerprint density at radius 1 is 1.30 bits per heavy atom. The number of halogens is 1. The average Bonchev–Trinajstić information content (AvgIpc) is 2.67. The van der Waals surface area contributed by atoms with Crippen LogP contribution >= 0.6 is 11.6 Å². The van der Waals surface area contributed by atoms with Crippen molar-refractivity contribution in [2.45, 2.75) is 24.7 Å². The summed E-state index contributed by atoms with van der Waals surface area (Å²) < 4.78 is 32.4. The molecule has 1 amide bonds. The number of aromatic nitrogens is 2. The Hall–Kier alpha value is -2.63. The van der Waals surface area contributed by atoms with Crippen molar-refractivity contribution in [1.29, 1.82) is 0 Å². The monoisotopic (exact) mass is 456 g/mol. The number of anilines is 1. The SMILES string of the molecule is COc1ccc(Cl)cc1NC(=O)[C@@H]1CCCN(S(=O)(=O)c2c(C)[nH]c(=O)[nH]c2=O)C1. The molecule has 3 N–H and O–H groups in total. The second kappa shape index (κ2) is 8.62. The number of aryl methyl sites for hydroxylation is 1. The van der Waals surface area contributed by atoms with Crippen LogP contribution in [0.25, 0.3) is 0 Å². The van der Waals surface area contributed by atoms with Crippen LogP contribution in [0.4, 0.5) is 5.69 Å². The van der Waals surface area contributed by atoms with Gasteiger partial charge in [-0.25, -0.2) is 13.2 Å². The second-order valence-electron chi connectivity index (χ2n) is 6.90. The van der Waals surface area contributed by atoms with E-state index in [2.05, 4.69) is 10.3 Å². The maximum Gasteiger partial charge on any atom is 0.325 e. The Balaban J connectivity index is 1.83. The van der Waals surface area contributed by atoms with Crippen LogP contribution in [-0.2, 0) is 14.8 Å². The van der Waals surface area contributed by atoms with E-state index in [1.807, 2.05) is 4.98 Å². The zero-order valence-corrected chi connectivity index (χ0v) is 17.9. The molecule has 1 saturated heterocycles. The third-order valence-electron chi connectivity index (χ3n) is 4.85. The fourth-order valence-corrected chi connectivity index (χ4v) is 5.31. The van der Waals surface area contributed by atoms with Gasteiger partial charge in [-0.2, -0.15) is 4.31 Å². The lowest BCUT2D eigenvalue weighted by molar-refractivity contribution is -0.120. The van der Waals surface area contributed by atoms with Gasteiger partial charge in [0.1, 0.15) is 5.75 Å². The molecule has 162 valence electrons. The first-order chi connectivity index (χ1) is 14.1. The van der Waals surface area contributed by atoms with Gasteiger partial charge in [0, 0.05) is 23.8 Å². The molecule has 0 radical (unpaired) electrons. The van der Waals surface area contributed by atoms with Crippen molar-refractivity contribution >= 4 is 33.2 Å². The number of benzene rings is 1. The fourth-order valence-electron chi connectivity index (χ4n) is 3.42. The molecule has 2 aromatic rings. The van der Waals surface area contributed by atoms with E-state index in [1.165, 1.54) is 14.0 Å². The fraction of sp³-hybridized carbons (Fsp3) is 0.389. The van der Waals surface area contributed by atoms with Crippen LogP contribution in [0, 0.1) is 12.8 Å². The molecule has 1 aliphatic rings. The van der Waals surface area contributed by atoms with Crippen LogP contribution in [0.15, 0.2) is 32.7 Å². The molecule has 0 spiro atoms. The van der Waals surface area contributed by atoms with Gasteiger partial charge in [0.15, 0.2) is 4.90 Å². The smallest absolute Gasteiger partial charge is 0.325 e. The molecule has 0 unspecified atom stereocenters. The molecule has 1 aromatic carbocycles. The van der Waals surface area contributed by atoms with Crippen molar-refractivity contribution in [3.63, 3.8) is 0 Å². The van der Waals surface area contributed by atoms with Crippen molar-refractivity contribution in [2.24, 2.45) is 5.92 Å². The number of carbonyl (C=O) groups is 1. The van der Waals surface area contributed by atoms with E-state index in [4.69, 9.17) is 16.3 Å². The molecule has 0 aliphatic carbocycles. The van der Waals surface area contributed by atoms with Gasteiger partial charge >= 0.3 is 5.69 Å². The van der Waals surface area contributed by atoms with E-state index in [0.29, 0.717) is 29.3 Å². The summed E-state index contributed by atoms with van der Waals surface area (Å²) in [4.78, 5) is 40.0. The quantitative estimate of drug-likeness (QED) is 0.614. The zero-order chi connectivity index (χ0) is 22.1. The normalized spacial score (nSPS) is 17.5. The predicted molar refractivity (Wildman–Crippen MR) is 111 cm³/mol. The standard InChI is InChI=1S/C18H21ClN4O6S/c1-10-15(17(25)22-18(26)20-10)30(27,28)23-7-3-4-11(9-23)16(24)21-13-8-12(19)5-6-14(13)29-2/h5-6,8,11H,3-4,7,9H2,1-2H3,(H,21,24)(H2,20,22,25,26)/t11-/m1/s1. The minimum absolute atomic E-state index is 0.0565. The summed E-state index contributed by atoms with van der Waals surface area (Å²) in [6.07, 6.45) is 0.909. The topological polar surface area (TPSA) is 141 Å². The Labute approximate surface area is 177 Å². The maximum absolute atomic E-state index is 13.0. The first-order valence-corrected chi connectivity index (χ1v) is 10.9. The summed E-state index contributed by atoms with van der Waals surface area (Å²) in [5, 5.41) is 3.14. The summed E-state index contributed by atoms with van der Waals surface area (Å²) in [6, 6.07) is 4.77. The van der Waals surface area contributed by atoms with Crippen LogP contribution in [0.3, 0.4) is 0 Å². The van der Waals surface area contributed by atoms with E-state index in [-0.39, 0.29) is 24.7 Å². The van der Waals surface area contributed by atoms with Crippen molar-refractivity contribution in [3.05, 3.63) is 49.8 Å². The van der Waals surface area contributed by atoms with E-state index < -0.39 is 32.1 Å².